The van der Waals surface area contributed by atoms with E-state index in [2.05, 4.69) is 20.6 Å². The second-order valence-corrected chi connectivity index (χ2v) is 8.03. The molecule has 0 saturated carbocycles. The molecule has 0 atom stereocenters. The molecule has 0 aliphatic heterocycles. The van der Waals surface area contributed by atoms with Crippen LogP contribution < -0.4 is 21.8 Å². The fourth-order valence-corrected chi connectivity index (χ4v) is 3.67. The Morgan fingerprint density at radius 3 is 1.35 bits per heavy atom. The van der Waals surface area contributed by atoms with Crippen LogP contribution in [0.25, 0.3) is 11.0 Å². The van der Waals surface area contributed by atoms with Gasteiger partial charge in [-0.3, -0.25) is 28.0 Å². The molecule has 2 N–H and O–H groups in total. The summed E-state index contributed by atoms with van der Waals surface area (Å²) in [7, 11) is 0. The van der Waals surface area contributed by atoms with Crippen LogP contribution in [0.3, 0.4) is 0 Å². The normalized spacial score (nSPS) is 11.1. The van der Waals surface area contributed by atoms with Crippen molar-refractivity contribution in [2.75, 3.05) is 10.6 Å². The van der Waals surface area contributed by atoms with Gasteiger partial charge in [0.2, 0.25) is 0 Å². The van der Waals surface area contributed by atoms with Crippen LogP contribution in [0.1, 0.15) is 21.0 Å². The van der Waals surface area contributed by atoms with Crippen molar-refractivity contribution in [2.24, 2.45) is 0 Å². The molecule has 2 amide bonds. The fourth-order valence-electron chi connectivity index (χ4n) is 3.42. The number of nitrogens with one attached hydrogen (secondary N) is 2. The summed E-state index contributed by atoms with van der Waals surface area (Å²) in [6.45, 7) is 0. The number of benzene rings is 2. The highest BCUT2D eigenvalue weighted by Crippen LogP contribution is 2.17. The van der Waals surface area contributed by atoms with Crippen molar-refractivity contribution >= 4 is 57.4 Å². The van der Waals surface area contributed by atoms with Crippen LogP contribution in [-0.2, 0) is 0 Å². The van der Waals surface area contributed by atoms with Crippen LogP contribution in [-0.4, -0.2) is 30.6 Å². The monoisotopic (exact) mass is 494 g/mol. The topological polar surface area (TPSA) is 127 Å². The van der Waals surface area contributed by atoms with Gasteiger partial charge in [0.1, 0.15) is 23.7 Å². The Labute approximate surface area is 199 Å². The molecule has 168 valence electrons. The Hall–Kier alpha value is -4.28. The lowest BCUT2D eigenvalue weighted by Gasteiger charge is -2.05. The van der Waals surface area contributed by atoms with Crippen LogP contribution in [0.5, 0.6) is 0 Å². The van der Waals surface area contributed by atoms with E-state index in [1.165, 1.54) is 0 Å². The van der Waals surface area contributed by atoms with E-state index in [9.17, 15) is 19.2 Å². The Kier molecular flexibility index (Phi) is 5.23. The summed E-state index contributed by atoms with van der Waals surface area (Å²) in [5.41, 5.74) is -1.60. The summed E-state index contributed by atoms with van der Waals surface area (Å²) >= 11 is 11.7. The maximum absolute atomic E-state index is 13.1. The van der Waals surface area contributed by atoms with Crippen molar-refractivity contribution in [2.45, 2.75) is 0 Å². The number of fused-ring (bicyclic) bond motifs is 2. The second-order valence-electron chi connectivity index (χ2n) is 7.16. The maximum atomic E-state index is 13.1. The molecule has 0 spiro atoms. The maximum Gasteiger partial charge on any atom is 0.283 e. The average Bonchev–Trinajstić information content (AvgIpc) is 3.46. The largest absolute Gasteiger partial charge is 0.321 e. The van der Waals surface area contributed by atoms with Crippen LogP contribution in [0.4, 0.5) is 11.4 Å². The molecule has 34 heavy (non-hydrogen) atoms. The lowest BCUT2D eigenvalue weighted by molar-refractivity contribution is 0.101. The van der Waals surface area contributed by atoms with Gasteiger partial charge in [0.05, 0.1) is 0 Å². The number of carbonyl (C=O) groups is 2. The third-order valence-corrected chi connectivity index (χ3v) is 5.52. The van der Waals surface area contributed by atoms with Gasteiger partial charge in [-0.15, -0.1) is 0 Å². The first-order valence-electron chi connectivity index (χ1n) is 9.71. The van der Waals surface area contributed by atoms with E-state index in [1.54, 1.807) is 48.5 Å². The van der Waals surface area contributed by atoms with Gasteiger partial charge in [-0.1, -0.05) is 23.2 Å². The van der Waals surface area contributed by atoms with Crippen molar-refractivity contribution in [3.05, 3.63) is 103 Å². The van der Waals surface area contributed by atoms with Gasteiger partial charge in [-0.05, 0) is 48.5 Å². The van der Waals surface area contributed by atoms with Gasteiger partial charge < -0.3 is 10.6 Å². The Balaban J connectivity index is 1.56. The SMILES string of the molecule is O=C(Nc1ccc(Cl)cc1)c1ncn2c(=O)c3c(C(=O)Nc4ccc(Cl)cc4)ncn3c(=O)c12. The van der Waals surface area contributed by atoms with Gasteiger partial charge in [-0.2, -0.15) is 0 Å². The molecular formula is C22H12Cl2N6O4. The zero-order valence-electron chi connectivity index (χ0n) is 17.0. The molecule has 0 saturated heterocycles. The number of imidazole rings is 2. The number of amides is 2. The minimum atomic E-state index is -0.730. The number of hydrogen-bond donors (Lipinski definition) is 2. The van der Waals surface area contributed by atoms with Gasteiger partial charge >= 0.3 is 0 Å². The van der Waals surface area contributed by atoms with Gasteiger partial charge in [0, 0.05) is 21.4 Å². The molecule has 5 aromatic rings. The number of rotatable bonds is 4. The average molecular weight is 495 g/mol. The van der Waals surface area contributed by atoms with Gasteiger partial charge in [0.15, 0.2) is 11.4 Å². The predicted molar refractivity (Wildman–Crippen MR) is 126 cm³/mol. The van der Waals surface area contributed by atoms with Crippen molar-refractivity contribution < 1.29 is 9.59 Å². The van der Waals surface area contributed by atoms with E-state index >= 15 is 0 Å². The molecule has 0 radical (unpaired) electrons. The Bertz CT molecular complexity index is 1570. The summed E-state index contributed by atoms with van der Waals surface area (Å²) in [5, 5.41) is 6.18. The van der Waals surface area contributed by atoms with Crippen molar-refractivity contribution in [1.29, 1.82) is 0 Å². The van der Waals surface area contributed by atoms with E-state index in [1.807, 2.05) is 0 Å². The minimum Gasteiger partial charge on any atom is -0.321 e. The molecule has 10 nitrogen and oxygen atoms in total. The highest BCUT2D eigenvalue weighted by atomic mass is 35.5. The summed E-state index contributed by atoms with van der Waals surface area (Å²) < 4.78 is 1.85. The molecule has 3 heterocycles. The number of carbonyl (C=O) groups excluding carboxylic acids is 2. The lowest BCUT2D eigenvalue weighted by atomic mass is 10.2. The molecule has 0 aliphatic rings. The van der Waals surface area contributed by atoms with Gasteiger partial charge in [-0.25, -0.2) is 9.97 Å². The van der Waals surface area contributed by atoms with E-state index in [-0.39, 0.29) is 22.4 Å². The quantitative estimate of drug-likeness (QED) is 0.395. The molecule has 0 aliphatic carbocycles. The lowest BCUT2D eigenvalue weighted by Crippen LogP contribution is -2.28. The van der Waals surface area contributed by atoms with E-state index in [4.69, 9.17) is 23.2 Å². The third-order valence-electron chi connectivity index (χ3n) is 5.01. The molecule has 0 bridgehead atoms. The Morgan fingerprint density at radius 2 is 1.00 bits per heavy atom. The summed E-state index contributed by atoms with van der Waals surface area (Å²) in [4.78, 5) is 59.7. The molecule has 5 rings (SSSR count). The molecule has 2 aromatic carbocycles. The number of hydrogen-bond acceptors (Lipinski definition) is 6. The van der Waals surface area contributed by atoms with Crippen LogP contribution in [0, 0.1) is 0 Å². The predicted octanol–water partition coefficient (Wildman–Crippen LogP) is 2.95. The van der Waals surface area contributed by atoms with Crippen molar-refractivity contribution in [3.8, 4) is 0 Å². The summed E-state index contributed by atoms with van der Waals surface area (Å²) in [6, 6.07) is 12.7. The van der Waals surface area contributed by atoms with E-state index < -0.39 is 22.9 Å². The molecule has 0 fully saturated rings. The van der Waals surface area contributed by atoms with Crippen molar-refractivity contribution in [3.63, 3.8) is 0 Å². The van der Waals surface area contributed by atoms with Crippen LogP contribution >= 0.6 is 23.2 Å². The third kappa shape index (κ3) is 3.64. The number of aromatic nitrogens is 4. The molecule has 12 heteroatoms. The number of anilines is 2. The summed E-state index contributed by atoms with van der Waals surface area (Å²) in [5.74, 6) is -1.39. The van der Waals surface area contributed by atoms with Gasteiger partial charge in [0.25, 0.3) is 22.9 Å². The fraction of sp³-hybridized carbons (Fsp3) is 0. The standard InChI is InChI=1S/C22H12Cl2N6O4/c23-11-1-5-13(6-2-11)27-19(31)15-17-21(33)30-10-26-16(18(30)22(34)29(17)9-25-15)20(32)28-14-7-3-12(24)4-8-14/h1-10H,(H,27,31)(H,28,32). The highest BCUT2D eigenvalue weighted by Gasteiger charge is 2.25. The zero-order chi connectivity index (χ0) is 24.0. The molecule has 3 aromatic heterocycles. The first kappa shape index (κ1) is 21.6. The second kappa shape index (κ2) is 8.25. The first-order chi connectivity index (χ1) is 16.3. The van der Waals surface area contributed by atoms with E-state index in [0.29, 0.717) is 21.4 Å². The number of nitrogens with zero attached hydrogens (tertiary/aromatic N) is 4. The first-order valence-corrected chi connectivity index (χ1v) is 10.5. The van der Waals surface area contributed by atoms with Crippen molar-refractivity contribution in [1.82, 2.24) is 18.8 Å². The highest BCUT2D eigenvalue weighted by molar-refractivity contribution is 6.31. The van der Waals surface area contributed by atoms with E-state index in [0.717, 1.165) is 21.5 Å². The smallest absolute Gasteiger partial charge is 0.283 e. The molecular weight excluding hydrogens is 483 g/mol. The molecule has 0 unspecified atom stereocenters. The van der Waals surface area contributed by atoms with Crippen LogP contribution in [0.2, 0.25) is 10.0 Å². The number of halogens is 2. The van der Waals surface area contributed by atoms with Crippen LogP contribution in [0.15, 0.2) is 70.8 Å². The summed E-state index contributed by atoms with van der Waals surface area (Å²) in [6.07, 6.45) is 2.12. The zero-order valence-corrected chi connectivity index (χ0v) is 18.5. The Morgan fingerprint density at radius 1 is 0.647 bits per heavy atom. The minimum absolute atomic E-state index is 0.244.